The molecule has 5 atom stereocenters. The van der Waals surface area contributed by atoms with E-state index in [0.29, 0.717) is 46.9 Å². The number of aliphatic hydroxyl groups excluding tert-OH is 1. The monoisotopic (exact) mass is 460 g/mol. The molecule has 4 heterocycles. The lowest BCUT2D eigenvalue weighted by molar-refractivity contribution is -0.121. The van der Waals surface area contributed by atoms with Crippen LogP contribution in [0.25, 0.3) is 11.3 Å². The van der Waals surface area contributed by atoms with E-state index in [1.165, 1.54) is 6.20 Å². The maximum atomic E-state index is 12.5. The number of halogens is 1. The molecule has 0 spiro atoms. The number of aromatic nitrogens is 3. The number of hydrogen-bond donors (Lipinski definition) is 4. The van der Waals surface area contributed by atoms with Gasteiger partial charge in [0.05, 0.1) is 47.3 Å². The van der Waals surface area contributed by atoms with E-state index in [4.69, 9.17) is 16.3 Å². The largest absolute Gasteiger partial charge is 0.391 e. The Morgan fingerprint density at radius 1 is 1.22 bits per heavy atom. The number of nitrogens with one attached hydrogen (secondary N) is 3. The van der Waals surface area contributed by atoms with E-state index in [1.54, 1.807) is 18.5 Å². The Kier molecular flexibility index (Phi) is 7.20. The number of rotatable bonds is 6. The van der Waals surface area contributed by atoms with Crippen molar-refractivity contribution in [3.05, 3.63) is 29.7 Å². The summed E-state index contributed by atoms with van der Waals surface area (Å²) in [6, 6.07) is 1.67. The summed E-state index contributed by atoms with van der Waals surface area (Å²) in [5, 5.41) is 19.5. The van der Waals surface area contributed by atoms with Gasteiger partial charge < -0.3 is 25.8 Å². The lowest BCUT2D eigenvalue weighted by atomic mass is 9.92. The molecule has 32 heavy (non-hydrogen) atoms. The fraction of sp³-hybridized carbons (Fsp3) is 0.545. The molecule has 4 N–H and O–H groups in total. The molecule has 0 aromatic carbocycles. The van der Waals surface area contributed by atoms with Crippen molar-refractivity contribution >= 4 is 29.1 Å². The zero-order valence-electron chi connectivity index (χ0n) is 18.2. The van der Waals surface area contributed by atoms with Gasteiger partial charge in [0.15, 0.2) is 0 Å². The first kappa shape index (κ1) is 22.8. The number of hydrogen-bond acceptors (Lipinski definition) is 8. The van der Waals surface area contributed by atoms with E-state index in [-0.39, 0.29) is 18.1 Å². The summed E-state index contributed by atoms with van der Waals surface area (Å²) in [6.07, 6.45) is 6.61. The molecule has 10 heteroatoms. The van der Waals surface area contributed by atoms with Gasteiger partial charge in [-0.25, -0.2) is 9.97 Å². The van der Waals surface area contributed by atoms with E-state index in [9.17, 15) is 9.90 Å². The van der Waals surface area contributed by atoms with Crippen molar-refractivity contribution in [1.29, 1.82) is 0 Å². The number of amides is 1. The van der Waals surface area contributed by atoms with Gasteiger partial charge in [-0.15, -0.1) is 0 Å². The third-order valence-electron chi connectivity index (χ3n) is 5.90. The molecule has 2 saturated heterocycles. The Morgan fingerprint density at radius 2 is 2.00 bits per heavy atom. The van der Waals surface area contributed by atoms with Crippen LogP contribution in [0.1, 0.15) is 26.7 Å². The third-order valence-corrected chi connectivity index (χ3v) is 6.20. The van der Waals surface area contributed by atoms with Crippen LogP contribution in [0.4, 0.5) is 11.6 Å². The number of pyridine rings is 1. The molecular weight excluding hydrogens is 432 g/mol. The minimum atomic E-state index is -0.711. The summed E-state index contributed by atoms with van der Waals surface area (Å²) in [5.74, 6) is 0.710. The Hall–Kier alpha value is -2.33. The molecule has 1 amide bonds. The van der Waals surface area contributed by atoms with Crippen LogP contribution < -0.4 is 16.0 Å². The van der Waals surface area contributed by atoms with E-state index in [1.807, 2.05) is 0 Å². The first-order valence-electron chi connectivity index (χ1n) is 11.0. The van der Waals surface area contributed by atoms with E-state index in [2.05, 4.69) is 44.7 Å². The summed E-state index contributed by atoms with van der Waals surface area (Å²) >= 11 is 6.37. The molecule has 0 bridgehead atoms. The van der Waals surface area contributed by atoms with Crippen LogP contribution in [-0.2, 0) is 9.53 Å². The van der Waals surface area contributed by atoms with E-state index >= 15 is 0 Å². The van der Waals surface area contributed by atoms with Gasteiger partial charge in [-0.05, 0) is 38.7 Å². The number of nitrogens with zero attached hydrogens (tertiary/aromatic N) is 3. The maximum Gasteiger partial charge on any atom is 0.232 e. The van der Waals surface area contributed by atoms with Crippen molar-refractivity contribution in [3.8, 4) is 11.3 Å². The van der Waals surface area contributed by atoms with Gasteiger partial charge in [-0.3, -0.25) is 9.78 Å². The highest BCUT2D eigenvalue weighted by atomic mass is 35.5. The van der Waals surface area contributed by atoms with Gasteiger partial charge in [-0.2, -0.15) is 0 Å². The van der Waals surface area contributed by atoms with Gasteiger partial charge in [-0.1, -0.05) is 11.6 Å². The highest BCUT2D eigenvalue weighted by Gasteiger charge is 2.31. The first-order valence-corrected chi connectivity index (χ1v) is 11.3. The number of carbonyl (C=O) groups is 1. The van der Waals surface area contributed by atoms with Gasteiger partial charge in [0.1, 0.15) is 11.6 Å². The van der Waals surface area contributed by atoms with Crippen molar-refractivity contribution in [3.63, 3.8) is 0 Å². The third kappa shape index (κ3) is 5.53. The molecule has 2 aromatic rings. The minimum Gasteiger partial charge on any atom is -0.391 e. The van der Waals surface area contributed by atoms with Crippen LogP contribution in [-0.4, -0.2) is 63.9 Å². The summed E-state index contributed by atoms with van der Waals surface area (Å²) < 4.78 is 5.81. The molecule has 0 radical (unpaired) electrons. The van der Waals surface area contributed by atoms with Gasteiger partial charge in [0.25, 0.3) is 0 Å². The standard InChI is InChI=1S/C22H29ClN6O3/c1-12-3-14(4-13(2)32-12)6-26-21-11-25-9-18(28-21)15-5-20(27-8-17(15)23)29-22(31)16-7-24-10-19(16)30/h5,8-9,11-14,16,19,24,30H,3-4,6-7,10H2,1-2H3,(H,26,28)(H,27,29,31)/t12-,13+,14?,16-,19-/m0/s1. The SMILES string of the molecule is C[C@@H]1CC(CNc2cncc(-c3cc(NC(=O)[C@H]4CNC[C@@H]4O)ncc3Cl)n2)C[C@H](C)O1. The number of aliphatic hydroxyl groups is 1. The van der Waals surface area contributed by atoms with Crippen molar-refractivity contribution in [1.82, 2.24) is 20.3 Å². The number of carbonyl (C=O) groups excluding carboxylic acids is 1. The molecular formula is C22H29ClN6O3. The average Bonchev–Trinajstić information content (AvgIpc) is 3.19. The summed E-state index contributed by atoms with van der Waals surface area (Å²) in [5.41, 5.74) is 1.20. The molecule has 1 unspecified atom stereocenters. The lowest BCUT2D eigenvalue weighted by Gasteiger charge is -2.32. The molecule has 172 valence electrons. The van der Waals surface area contributed by atoms with Crippen molar-refractivity contribution in [2.45, 2.75) is 45.0 Å². The predicted octanol–water partition coefficient (Wildman–Crippen LogP) is 2.33. The second-order valence-electron chi connectivity index (χ2n) is 8.64. The second-order valence-corrected chi connectivity index (χ2v) is 9.04. The Morgan fingerprint density at radius 3 is 2.72 bits per heavy atom. The summed E-state index contributed by atoms with van der Waals surface area (Å²) in [4.78, 5) is 25.6. The predicted molar refractivity (Wildman–Crippen MR) is 122 cm³/mol. The smallest absolute Gasteiger partial charge is 0.232 e. The first-order chi connectivity index (χ1) is 15.4. The van der Waals surface area contributed by atoms with E-state index in [0.717, 1.165) is 19.4 Å². The zero-order chi connectivity index (χ0) is 22.7. The summed E-state index contributed by atoms with van der Waals surface area (Å²) in [6.45, 7) is 5.83. The molecule has 2 aromatic heterocycles. The van der Waals surface area contributed by atoms with Crippen molar-refractivity contribution in [2.75, 3.05) is 30.3 Å². The van der Waals surface area contributed by atoms with Gasteiger partial charge in [0.2, 0.25) is 5.91 Å². The number of β-amino-alcohol motifs (C(OH)–C–C–N with tert-alkyl or cyclic N) is 1. The van der Waals surface area contributed by atoms with Crippen molar-refractivity contribution in [2.24, 2.45) is 11.8 Å². The van der Waals surface area contributed by atoms with Crippen molar-refractivity contribution < 1.29 is 14.6 Å². The molecule has 2 aliphatic rings. The Labute approximate surface area is 192 Å². The molecule has 2 aliphatic heterocycles. The van der Waals surface area contributed by atoms with Crippen LogP contribution in [0.3, 0.4) is 0 Å². The van der Waals surface area contributed by atoms with Crippen LogP contribution in [0.2, 0.25) is 5.02 Å². The normalized spacial score (nSPS) is 27.8. The fourth-order valence-electron chi connectivity index (χ4n) is 4.39. The molecule has 4 rings (SSSR count). The maximum absolute atomic E-state index is 12.5. The van der Waals surface area contributed by atoms with Crippen LogP contribution in [0.15, 0.2) is 24.7 Å². The Balaban J connectivity index is 1.45. The molecule has 0 aliphatic carbocycles. The average molecular weight is 461 g/mol. The number of anilines is 2. The molecule has 2 fully saturated rings. The Bertz CT molecular complexity index is 951. The molecule has 9 nitrogen and oxygen atoms in total. The van der Waals surface area contributed by atoms with Crippen LogP contribution in [0, 0.1) is 11.8 Å². The van der Waals surface area contributed by atoms with E-state index < -0.39 is 12.0 Å². The molecule has 0 saturated carbocycles. The van der Waals surface area contributed by atoms with Crippen LogP contribution in [0.5, 0.6) is 0 Å². The van der Waals surface area contributed by atoms with Gasteiger partial charge in [0, 0.05) is 31.4 Å². The highest BCUT2D eigenvalue weighted by molar-refractivity contribution is 6.33. The lowest BCUT2D eigenvalue weighted by Crippen LogP contribution is -2.32. The van der Waals surface area contributed by atoms with Gasteiger partial charge >= 0.3 is 0 Å². The highest BCUT2D eigenvalue weighted by Crippen LogP contribution is 2.29. The zero-order valence-corrected chi connectivity index (χ0v) is 19.0. The quantitative estimate of drug-likeness (QED) is 0.518. The van der Waals surface area contributed by atoms with Crippen LogP contribution >= 0.6 is 11.6 Å². The fourth-order valence-corrected chi connectivity index (χ4v) is 4.59. The second kappa shape index (κ2) is 10.1. The topological polar surface area (TPSA) is 121 Å². The minimum absolute atomic E-state index is 0.258. The summed E-state index contributed by atoms with van der Waals surface area (Å²) in [7, 11) is 0. The number of ether oxygens (including phenoxy) is 1.